The minimum absolute atomic E-state index is 0.130. The average molecular weight is 685 g/mol. The molecule has 0 saturated carbocycles. The molecule has 0 radical (unpaired) electrons. The Labute approximate surface area is 284 Å². The zero-order valence-corrected chi connectivity index (χ0v) is 27.3. The quantitative estimate of drug-likeness (QED) is 0.142. The lowest BCUT2D eigenvalue weighted by molar-refractivity contribution is -0.277. The van der Waals surface area contributed by atoms with Gasteiger partial charge < -0.3 is 29.0 Å². The summed E-state index contributed by atoms with van der Waals surface area (Å²) in [4.78, 5) is 13.0. The number of benzene rings is 4. The number of alkyl halides is 3. The molecule has 4 aromatic rings. The van der Waals surface area contributed by atoms with Crippen LogP contribution in [0.3, 0.4) is 0 Å². The molecule has 1 aliphatic heterocycles. The number of hydrogen-bond donors (Lipinski definition) is 1. The van der Waals surface area contributed by atoms with E-state index in [-0.39, 0.29) is 26.4 Å². The molecule has 46 heavy (non-hydrogen) atoms. The summed E-state index contributed by atoms with van der Waals surface area (Å²) in [7, 11) is 0. The van der Waals surface area contributed by atoms with Crippen molar-refractivity contribution in [1.29, 1.82) is 0 Å². The monoisotopic (exact) mass is 683 g/mol. The summed E-state index contributed by atoms with van der Waals surface area (Å²) in [6, 6.07) is 39.1. The molecular formula is C36H36Cl3NO6. The van der Waals surface area contributed by atoms with Gasteiger partial charge in [-0.2, -0.15) is 0 Å². The van der Waals surface area contributed by atoms with Crippen LogP contribution in [-0.4, -0.2) is 47.0 Å². The van der Waals surface area contributed by atoms with Crippen molar-refractivity contribution >= 4 is 40.7 Å². The van der Waals surface area contributed by atoms with Crippen molar-refractivity contribution in [3.05, 3.63) is 144 Å². The number of carbonyl (C=O) groups excluding carboxylic acids is 1. The van der Waals surface area contributed by atoms with E-state index in [2.05, 4.69) is 5.32 Å². The fraction of sp³-hybridized carbons (Fsp3) is 0.306. The first-order valence-electron chi connectivity index (χ1n) is 15.0. The van der Waals surface area contributed by atoms with Crippen LogP contribution in [0, 0.1) is 0 Å². The van der Waals surface area contributed by atoms with Crippen molar-refractivity contribution in [2.24, 2.45) is 0 Å². The summed E-state index contributed by atoms with van der Waals surface area (Å²) in [5, 5.41) is 2.73. The Hall–Kier alpha value is -2.98. The van der Waals surface area contributed by atoms with E-state index in [0.717, 1.165) is 22.3 Å². The van der Waals surface area contributed by atoms with Gasteiger partial charge in [-0.3, -0.25) is 4.79 Å². The highest BCUT2D eigenvalue weighted by atomic mass is 35.6. The summed E-state index contributed by atoms with van der Waals surface area (Å²) >= 11 is 17.9. The van der Waals surface area contributed by atoms with Crippen LogP contribution in [0.4, 0.5) is 0 Å². The van der Waals surface area contributed by atoms with E-state index in [0.29, 0.717) is 6.61 Å². The van der Waals surface area contributed by atoms with Crippen LogP contribution in [0.1, 0.15) is 22.3 Å². The zero-order chi connectivity index (χ0) is 32.2. The smallest absolute Gasteiger partial charge is 0.274 e. The first-order chi connectivity index (χ1) is 22.4. The molecular weight excluding hydrogens is 649 g/mol. The van der Waals surface area contributed by atoms with Gasteiger partial charge in [0.25, 0.3) is 9.70 Å². The van der Waals surface area contributed by atoms with Crippen LogP contribution >= 0.6 is 34.8 Å². The molecule has 10 heteroatoms. The van der Waals surface area contributed by atoms with Gasteiger partial charge in [0.15, 0.2) is 6.23 Å². The van der Waals surface area contributed by atoms with Crippen LogP contribution < -0.4 is 5.32 Å². The molecule has 0 bridgehead atoms. The largest absolute Gasteiger partial charge is 0.374 e. The summed E-state index contributed by atoms with van der Waals surface area (Å²) in [6.07, 6.45) is -4.00. The Kier molecular flexibility index (Phi) is 12.9. The molecule has 0 aromatic heterocycles. The van der Waals surface area contributed by atoms with Crippen LogP contribution in [0.15, 0.2) is 121 Å². The molecule has 1 aliphatic rings. The lowest BCUT2D eigenvalue weighted by Gasteiger charge is -2.46. The fourth-order valence-electron chi connectivity index (χ4n) is 5.12. The second kappa shape index (κ2) is 17.3. The summed E-state index contributed by atoms with van der Waals surface area (Å²) in [5.41, 5.74) is 3.85. The molecule has 242 valence electrons. The third-order valence-electron chi connectivity index (χ3n) is 7.41. The lowest BCUT2D eigenvalue weighted by Crippen LogP contribution is -2.66. The topological polar surface area (TPSA) is 75.3 Å². The minimum Gasteiger partial charge on any atom is -0.374 e. The van der Waals surface area contributed by atoms with Crippen molar-refractivity contribution in [2.75, 3.05) is 6.61 Å². The normalized spacial score (nSPS) is 21.5. The van der Waals surface area contributed by atoms with Gasteiger partial charge >= 0.3 is 0 Å². The Morgan fingerprint density at radius 3 is 1.41 bits per heavy atom. The predicted octanol–water partition coefficient (Wildman–Crippen LogP) is 7.17. The summed E-state index contributed by atoms with van der Waals surface area (Å²) in [6.45, 7) is 1.23. The van der Waals surface area contributed by atoms with Gasteiger partial charge in [-0.05, 0) is 22.3 Å². The van der Waals surface area contributed by atoms with Gasteiger partial charge in [-0.25, -0.2) is 0 Å². The van der Waals surface area contributed by atoms with E-state index >= 15 is 0 Å². The molecule has 0 spiro atoms. The van der Waals surface area contributed by atoms with Crippen molar-refractivity contribution < 1.29 is 28.5 Å². The first kappa shape index (κ1) is 34.4. The third kappa shape index (κ3) is 10.3. The highest BCUT2D eigenvalue weighted by molar-refractivity contribution is 6.76. The second-order valence-corrected chi connectivity index (χ2v) is 13.1. The molecule has 1 heterocycles. The van der Waals surface area contributed by atoms with Crippen molar-refractivity contribution in [2.45, 2.75) is 60.9 Å². The third-order valence-corrected chi connectivity index (χ3v) is 7.93. The predicted molar refractivity (Wildman–Crippen MR) is 178 cm³/mol. The van der Waals surface area contributed by atoms with E-state index < -0.39 is 40.3 Å². The minimum atomic E-state index is -2.23. The fourth-order valence-corrected chi connectivity index (χ4v) is 5.28. The maximum atomic E-state index is 13.0. The highest BCUT2D eigenvalue weighted by Gasteiger charge is 2.50. The van der Waals surface area contributed by atoms with Crippen molar-refractivity contribution in [3.63, 3.8) is 0 Å². The van der Waals surface area contributed by atoms with Gasteiger partial charge in [-0.15, -0.1) is 0 Å². The van der Waals surface area contributed by atoms with Crippen LogP contribution in [0.25, 0.3) is 0 Å². The first-order valence-corrected chi connectivity index (χ1v) is 16.1. The number of nitrogens with one attached hydrogen (secondary N) is 1. The van der Waals surface area contributed by atoms with Crippen molar-refractivity contribution in [3.8, 4) is 0 Å². The van der Waals surface area contributed by atoms with Gasteiger partial charge in [0.1, 0.15) is 24.4 Å². The number of amides is 1. The number of carbonyl (C=O) groups is 1. The van der Waals surface area contributed by atoms with Crippen LogP contribution in [0.2, 0.25) is 0 Å². The Balaban J connectivity index is 1.46. The maximum absolute atomic E-state index is 13.0. The lowest BCUT2D eigenvalue weighted by atomic mass is 9.96. The SMILES string of the molecule is O=C(NC1O[C@H](COCc2ccccc2)[C@H](OCc2ccccc2)[C@H](OCc2ccccc2)[C@H]1OCc1ccccc1)C(Cl)(Cl)Cl. The molecule has 4 aromatic carbocycles. The van der Waals surface area contributed by atoms with Crippen LogP contribution in [-0.2, 0) is 54.9 Å². The Morgan fingerprint density at radius 2 is 0.978 bits per heavy atom. The molecule has 1 N–H and O–H groups in total. The second-order valence-electron chi connectivity index (χ2n) is 10.9. The number of rotatable bonds is 14. The number of ether oxygens (including phenoxy) is 5. The van der Waals surface area contributed by atoms with E-state index in [1.54, 1.807) is 0 Å². The molecule has 5 rings (SSSR count). The molecule has 1 unspecified atom stereocenters. The molecule has 7 nitrogen and oxygen atoms in total. The molecule has 5 atom stereocenters. The maximum Gasteiger partial charge on any atom is 0.274 e. The Morgan fingerprint density at radius 1 is 0.587 bits per heavy atom. The van der Waals surface area contributed by atoms with E-state index in [1.165, 1.54) is 0 Å². The average Bonchev–Trinajstić information content (AvgIpc) is 3.07. The number of halogens is 3. The van der Waals surface area contributed by atoms with Crippen LogP contribution in [0.5, 0.6) is 0 Å². The zero-order valence-electron chi connectivity index (χ0n) is 25.1. The molecule has 1 saturated heterocycles. The number of hydrogen-bond acceptors (Lipinski definition) is 6. The summed E-state index contributed by atoms with van der Waals surface area (Å²) < 4.78 is 30.1. The van der Waals surface area contributed by atoms with E-state index in [1.807, 2.05) is 121 Å². The van der Waals surface area contributed by atoms with E-state index in [9.17, 15) is 4.79 Å². The van der Waals surface area contributed by atoms with Gasteiger partial charge in [-0.1, -0.05) is 156 Å². The van der Waals surface area contributed by atoms with E-state index in [4.69, 9.17) is 58.5 Å². The molecule has 0 aliphatic carbocycles. The van der Waals surface area contributed by atoms with Gasteiger partial charge in [0.05, 0.1) is 33.0 Å². The highest BCUT2D eigenvalue weighted by Crippen LogP contribution is 2.32. The van der Waals surface area contributed by atoms with Gasteiger partial charge in [0.2, 0.25) is 0 Å². The van der Waals surface area contributed by atoms with Gasteiger partial charge in [0, 0.05) is 0 Å². The standard InChI is InChI=1S/C36H36Cl3NO6/c37-36(38,39)35(41)40-34-33(45-24-29-19-11-4-12-20-29)32(44-23-28-17-9-3-10-18-28)31(43-22-27-15-7-2-8-16-27)30(46-34)25-42-21-26-13-5-1-6-14-26/h1-20,30-34H,21-25H2,(H,40,41)/t30-,31+,32+,33-,34?/m1/s1. The molecule has 1 amide bonds. The molecule has 1 fully saturated rings. The van der Waals surface area contributed by atoms with Crippen molar-refractivity contribution in [1.82, 2.24) is 5.32 Å². The summed E-state index contributed by atoms with van der Waals surface area (Å²) in [5.74, 6) is -0.856. The Bertz CT molecular complexity index is 1460.